The van der Waals surface area contributed by atoms with Crippen molar-refractivity contribution in [2.24, 2.45) is 0 Å². The third-order valence-corrected chi connectivity index (χ3v) is 5.81. The smallest absolute Gasteiger partial charge is 0.245 e. The zero-order chi connectivity index (χ0) is 22.1. The fraction of sp³-hybridized carbons (Fsp3) is 0.0800. The number of amides is 1. The lowest BCUT2D eigenvalue weighted by atomic mass is 10.1. The molecule has 0 saturated heterocycles. The summed E-state index contributed by atoms with van der Waals surface area (Å²) in [7, 11) is 0. The zero-order valence-electron chi connectivity index (χ0n) is 17.0. The van der Waals surface area contributed by atoms with E-state index in [1.54, 1.807) is 29.1 Å². The number of benzene rings is 3. The average molecular weight is 443 g/mol. The summed E-state index contributed by atoms with van der Waals surface area (Å²) >= 11 is 6.27. The van der Waals surface area contributed by atoms with Crippen molar-refractivity contribution in [1.82, 2.24) is 14.3 Å². The molecule has 5 aromatic rings. The number of carbonyl (C=O) groups excluding carboxylic acids is 1. The van der Waals surface area contributed by atoms with E-state index in [1.807, 2.05) is 65.2 Å². The zero-order valence-corrected chi connectivity index (χ0v) is 17.8. The number of nitrogens with one attached hydrogen (secondary N) is 1. The molecule has 1 N–H and O–H groups in total. The molecule has 0 aliphatic rings. The molecule has 0 aliphatic heterocycles. The van der Waals surface area contributed by atoms with Gasteiger partial charge in [-0.25, -0.2) is 4.68 Å². The van der Waals surface area contributed by atoms with Crippen LogP contribution >= 0.6 is 11.6 Å². The highest BCUT2D eigenvalue weighted by Gasteiger charge is 2.14. The van der Waals surface area contributed by atoms with Crippen molar-refractivity contribution >= 4 is 45.1 Å². The van der Waals surface area contributed by atoms with Gasteiger partial charge >= 0.3 is 0 Å². The minimum Gasteiger partial charge on any atom is -0.331 e. The van der Waals surface area contributed by atoms with Gasteiger partial charge in [0.25, 0.3) is 0 Å². The lowest BCUT2D eigenvalue weighted by Gasteiger charge is -2.15. The number of anilines is 1. The fourth-order valence-electron chi connectivity index (χ4n) is 3.93. The lowest BCUT2D eigenvalue weighted by molar-refractivity contribution is -0.116. The molecule has 32 heavy (non-hydrogen) atoms. The van der Waals surface area contributed by atoms with Crippen LogP contribution in [-0.4, -0.2) is 20.3 Å². The Morgan fingerprint density at radius 2 is 1.50 bits per heavy atom. The molecule has 2 aromatic heterocycles. The topological polar surface area (TPSA) is 68.9 Å². The molecule has 0 unspecified atom stereocenters. The molecule has 6 nitrogen and oxygen atoms in total. The van der Waals surface area contributed by atoms with Crippen molar-refractivity contribution < 1.29 is 4.79 Å². The van der Waals surface area contributed by atoms with Crippen LogP contribution in [0.5, 0.6) is 0 Å². The van der Waals surface area contributed by atoms with Gasteiger partial charge in [-0.3, -0.25) is 9.59 Å². The fourth-order valence-corrected chi connectivity index (χ4v) is 4.12. The molecule has 2 heterocycles. The molecular weight excluding hydrogens is 424 g/mol. The van der Waals surface area contributed by atoms with E-state index in [4.69, 9.17) is 11.6 Å². The van der Waals surface area contributed by atoms with E-state index in [0.29, 0.717) is 28.2 Å². The summed E-state index contributed by atoms with van der Waals surface area (Å²) in [6.07, 6.45) is 1.64. The first-order chi connectivity index (χ1) is 15.6. The Morgan fingerprint density at radius 1 is 0.875 bits per heavy atom. The number of hydrogen-bond acceptors (Lipinski definition) is 3. The van der Waals surface area contributed by atoms with Gasteiger partial charge < -0.3 is 9.88 Å². The second-order valence-electron chi connectivity index (χ2n) is 7.46. The highest BCUT2D eigenvalue weighted by Crippen LogP contribution is 2.20. The van der Waals surface area contributed by atoms with E-state index in [2.05, 4.69) is 10.4 Å². The summed E-state index contributed by atoms with van der Waals surface area (Å²) in [4.78, 5) is 25.9. The third-order valence-electron chi connectivity index (χ3n) is 5.44. The maximum atomic E-state index is 13.0. The van der Waals surface area contributed by atoms with E-state index < -0.39 is 0 Å². The van der Waals surface area contributed by atoms with Gasteiger partial charge in [0.05, 0.1) is 23.8 Å². The van der Waals surface area contributed by atoms with Crippen LogP contribution in [0.2, 0.25) is 5.02 Å². The Hall–Kier alpha value is -3.90. The number of fused-ring (bicyclic) bond motifs is 2. The number of para-hydroxylation sites is 2. The number of halogens is 1. The summed E-state index contributed by atoms with van der Waals surface area (Å²) in [6, 6.07) is 24.0. The molecule has 158 valence electrons. The lowest BCUT2D eigenvalue weighted by Crippen LogP contribution is -2.23. The number of rotatable bonds is 5. The molecule has 3 aromatic carbocycles. The van der Waals surface area contributed by atoms with E-state index in [0.717, 1.165) is 16.6 Å². The van der Waals surface area contributed by atoms with Gasteiger partial charge in [0, 0.05) is 21.9 Å². The van der Waals surface area contributed by atoms with Crippen molar-refractivity contribution in [3.05, 3.63) is 106 Å². The Labute approximate surface area is 188 Å². The second-order valence-corrected chi connectivity index (χ2v) is 7.87. The van der Waals surface area contributed by atoms with Crippen LogP contribution in [0.25, 0.3) is 21.8 Å². The van der Waals surface area contributed by atoms with Crippen molar-refractivity contribution in [2.45, 2.75) is 13.1 Å². The van der Waals surface area contributed by atoms with Crippen molar-refractivity contribution in [1.29, 1.82) is 0 Å². The molecule has 0 fully saturated rings. The van der Waals surface area contributed by atoms with Crippen LogP contribution in [0.15, 0.2) is 89.9 Å². The van der Waals surface area contributed by atoms with Crippen LogP contribution in [0.3, 0.4) is 0 Å². The summed E-state index contributed by atoms with van der Waals surface area (Å²) in [5.74, 6) is 0.356. The Bertz CT molecular complexity index is 1460. The number of nitrogens with zero attached hydrogens (tertiary/aromatic N) is 3. The van der Waals surface area contributed by atoms with Crippen LogP contribution in [0, 0.1) is 0 Å². The molecule has 0 atom stereocenters. The molecule has 1 amide bonds. The van der Waals surface area contributed by atoms with Gasteiger partial charge in [-0.1, -0.05) is 54.1 Å². The monoisotopic (exact) mass is 442 g/mol. The number of carbonyl (C=O) groups is 1. The van der Waals surface area contributed by atoms with Gasteiger partial charge in [-0.2, -0.15) is 5.10 Å². The predicted octanol–water partition coefficient (Wildman–Crippen LogP) is 4.69. The number of aromatic nitrogens is 3. The van der Waals surface area contributed by atoms with Gasteiger partial charge in [0.1, 0.15) is 12.4 Å². The highest BCUT2D eigenvalue weighted by atomic mass is 35.5. The number of hydrogen-bond donors (Lipinski definition) is 1. The largest absolute Gasteiger partial charge is 0.331 e. The molecule has 0 saturated carbocycles. The SMILES string of the molecule is O=C(Cn1c2ccccc2c(=O)c2ccccc21)Nc1ccnn1Cc1ccccc1Cl. The summed E-state index contributed by atoms with van der Waals surface area (Å²) < 4.78 is 3.57. The third kappa shape index (κ3) is 3.65. The predicted molar refractivity (Wildman–Crippen MR) is 127 cm³/mol. The van der Waals surface area contributed by atoms with Crippen LogP contribution in [-0.2, 0) is 17.9 Å². The maximum Gasteiger partial charge on any atom is 0.245 e. The first-order valence-corrected chi connectivity index (χ1v) is 10.5. The normalized spacial score (nSPS) is 11.2. The Balaban J connectivity index is 1.47. The van der Waals surface area contributed by atoms with Crippen molar-refractivity contribution in [2.75, 3.05) is 5.32 Å². The first-order valence-electron chi connectivity index (χ1n) is 10.2. The molecule has 0 radical (unpaired) electrons. The highest BCUT2D eigenvalue weighted by molar-refractivity contribution is 6.31. The summed E-state index contributed by atoms with van der Waals surface area (Å²) in [6.45, 7) is 0.491. The minimum absolute atomic E-state index is 0.0364. The standard InChI is InChI=1S/C25H19ClN4O2/c26-20-10-4-1-7-17(20)15-30-23(13-14-27-30)28-24(31)16-29-21-11-5-2-8-18(21)25(32)19-9-3-6-12-22(19)29/h1-14H,15-16H2,(H,28,31). The van der Waals surface area contributed by atoms with Crippen LogP contribution in [0.1, 0.15) is 5.56 Å². The van der Waals surface area contributed by atoms with E-state index >= 15 is 0 Å². The van der Waals surface area contributed by atoms with Crippen molar-refractivity contribution in [3.8, 4) is 0 Å². The second kappa shape index (κ2) is 8.32. The van der Waals surface area contributed by atoms with E-state index in [9.17, 15) is 9.59 Å². The molecule has 0 aliphatic carbocycles. The van der Waals surface area contributed by atoms with Gasteiger partial charge in [-0.15, -0.1) is 0 Å². The average Bonchev–Trinajstić information content (AvgIpc) is 3.24. The van der Waals surface area contributed by atoms with Gasteiger partial charge in [0.2, 0.25) is 5.91 Å². The van der Waals surface area contributed by atoms with E-state index in [1.165, 1.54) is 0 Å². The van der Waals surface area contributed by atoms with Crippen LogP contribution in [0.4, 0.5) is 5.82 Å². The quantitative estimate of drug-likeness (QED) is 0.401. The van der Waals surface area contributed by atoms with Gasteiger partial charge in [0.15, 0.2) is 5.43 Å². The maximum absolute atomic E-state index is 13.0. The molecule has 0 spiro atoms. The molecule has 7 heteroatoms. The van der Waals surface area contributed by atoms with Crippen LogP contribution < -0.4 is 10.7 Å². The Morgan fingerprint density at radius 3 is 2.19 bits per heavy atom. The molecule has 0 bridgehead atoms. The molecule has 5 rings (SSSR count). The number of pyridine rings is 1. The Kier molecular flexibility index (Phi) is 5.21. The first kappa shape index (κ1) is 20.0. The summed E-state index contributed by atoms with van der Waals surface area (Å²) in [5.41, 5.74) is 2.31. The minimum atomic E-state index is -0.218. The van der Waals surface area contributed by atoms with Gasteiger partial charge in [-0.05, 0) is 35.9 Å². The molecular formula is C25H19ClN4O2. The van der Waals surface area contributed by atoms with E-state index in [-0.39, 0.29) is 17.9 Å². The van der Waals surface area contributed by atoms with Crippen molar-refractivity contribution in [3.63, 3.8) is 0 Å². The summed E-state index contributed by atoms with van der Waals surface area (Å²) in [5, 5.41) is 9.08.